The van der Waals surface area contributed by atoms with Crippen LogP contribution in [-0.2, 0) is 11.3 Å². The van der Waals surface area contributed by atoms with E-state index < -0.39 is 0 Å². The van der Waals surface area contributed by atoms with Crippen molar-refractivity contribution in [2.75, 3.05) is 33.9 Å². The monoisotopic (exact) mass is 421 g/mol. The molecule has 126 valence electrons. The molecule has 0 aromatic heterocycles. The van der Waals surface area contributed by atoms with Gasteiger partial charge in [-0.1, -0.05) is 12.1 Å². The van der Waals surface area contributed by atoms with Crippen LogP contribution >= 0.6 is 24.0 Å². The minimum atomic E-state index is 0. The number of aliphatic imine (C=N–C) groups is 1. The van der Waals surface area contributed by atoms with E-state index in [2.05, 4.69) is 34.7 Å². The fourth-order valence-corrected chi connectivity index (χ4v) is 1.92. The van der Waals surface area contributed by atoms with Crippen molar-refractivity contribution in [2.24, 2.45) is 4.99 Å². The molecule has 5 nitrogen and oxygen atoms in total. The molecule has 1 aromatic carbocycles. The number of methoxy groups -OCH3 is 1. The Morgan fingerprint density at radius 1 is 1.27 bits per heavy atom. The summed E-state index contributed by atoms with van der Waals surface area (Å²) < 4.78 is 10.7. The maximum absolute atomic E-state index is 5.40. The second-order valence-corrected chi connectivity index (χ2v) is 4.72. The van der Waals surface area contributed by atoms with E-state index in [1.807, 2.05) is 13.0 Å². The molecule has 0 aliphatic rings. The average Bonchev–Trinajstić information content (AvgIpc) is 2.50. The second kappa shape index (κ2) is 12.5. The zero-order valence-electron chi connectivity index (χ0n) is 13.9. The van der Waals surface area contributed by atoms with E-state index in [0.717, 1.165) is 43.5 Å². The fourth-order valence-electron chi connectivity index (χ4n) is 1.92. The van der Waals surface area contributed by atoms with Crippen LogP contribution < -0.4 is 15.4 Å². The first kappa shape index (κ1) is 21.0. The predicted octanol–water partition coefficient (Wildman–Crippen LogP) is 2.71. The quantitative estimate of drug-likeness (QED) is 0.293. The number of rotatable bonds is 8. The molecule has 1 rings (SSSR count). The maximum atomic E-state index is 5.40. The zero-order chi connectivity index (χ0) is 15.5. The van der Waals surface area contributed by atoms with Gasteiger partial charge in [0.1, 0.15) is 5.75 Å². The van der Waals surface area contributed by atoms with E-state index in [0.29, 0.717) is 6.54 Å². The van der Waals surface area contributed by atoms with Gasteiger partial charge in [0, 0.05) is 38.9 Å². The van der Waals surface area contributed by atoms with E-state index in [-0.39, 0.29) is 24.0 Å². The number of benzene rings is 1. The molecule has 0 heterocycles. The second-order valence-electron chi connectivity index (χ2n) is 4.72. The molecule has 0 radical (unpaired) electrons. The zero-order valence-corrected chi connectivity index (χ0v) is 16.3. The van der Waals surface area contributed by atoms with E-state index >= 15 is 0 Å². The number of hydrogen-bond acceptors (Lipinski definition) is 3. The lowest BCUT2D eigenvalue weighted by molar-refractivity contribution is 0.145. The van der Waals surface area contributed by atoms with Crippen molar-refractivity contribution in [3.8, 4) is 5.75 Å². The van der Waals surface area contributed by atoms with Gasteiger partial charge in [-0.2, -0.15) is 0 Å². The number of hydrogen-bond donors (Lipinski definition) is 2. The highest BCUT2D eigenvalue weighted by molar-refractivity contribution is 14.0. The number of guanidine groups is 1. The Balaban J connectivity index is 0.00000441. The first-order valence-corrected chi connectivity index (χ1v) is 7.37. The summed E-state index contributed by atoms with van der Waals surface area (Å²) in [5, 5.41) is 6.55. The highest BCUT2D eigenvalue weighted by atomic mass is 127. The summed E-state index contributed by atoms with van der Waals surface area (Å²) in [5.74, 6) is 1.68. The third-order valence-electron chi connectivity index (χ3n) is 3.07. The maximum Gasteiger partial charge on any atom is 0.191 e. The van der Waals surface area contributed by atoms with Crippen LogP contribution in [0.25, 0.3) is 0 Å². The Kier molecular flexibility index (Phi) is 11.9. The Morgan fingerprint density at radius 2 is 2.05 bits per heavy atom. The highest BCUT2D eigenvalue weighted by Crippen LogP contribution is 2.19. The van der Waals surface area contributed by atoms with Gasteiger partial charge in [0.25, 0.3) is 0 Å². The van der Waals surface area contributed by atoms with E-state index in [1.54, 1.807) is 14.2 Å². The Morgan fingerprint density at radius 3 is 2.68 bits per heavy atom. The van der Waals surface area contributed by atoms with E-state index in [9.17, 15) is 0 Å². The van der Waals surface area contributed by atoms with Crippen molar-refractivity contribution in [3.05, 3.63) is 29.3 Å². The first-order valence-electron chi connectivity index (χ1n) is 7.37. The van der Waals surface area contributed by atoms with Crippen molar-refractivity contribution in [2.45, 2.75) is 26.8 Å². The lowest BCUT2D eigenvalue weighted by Crippen LogP contribution is -2.37. The molecule has 0 fully saturated rings. The molecule has 2 N–H and O–H groups in total. The molecule has 0 saturated heterocycles. The summed E-state index contributed by atoms with van der Waals surface area (Å²) in [6.45, 7) is 7.10. The van der Waals surface area contributed by atoms with Crippen LogP contribution in [0.5, 0.6) is 5.75 Å². The average molecular weight is 421 g/mol. The van der Waals surface area contributed by atoms with E-state index in [4.69, 9.17) is 9.47 Å². The van der Waals surface area contributed by atoms with Gasteiger partial charge in [0.05, 0.1) is 7.11 Å². The molecule has 1 aromatic rings. The van der Waals surface area contributed by atoms with Crippen molar-refractivity contribution >= 4 is 29.9 Å². The molecule has 0 amide bonds. The summed E-state index contributed by atoms with van der Waals surface area (Å²) >= 11 is 0. The van der Waals surface area contributed by atoms with Crippen LogP contribution in [0.1, 0.15) is 24.5 Å². The molecular formula is C16H28IN3O2. The summed E-state index contributed by atoms with van der Waals surface area (Å²) in [4.78, 5) is 4.21. The number of aryl methyl sites for hydroxylation is 1. The van der Waals surface area contributed by atoms with E-state index in [1.165, 1.54) is 5.56 Å². The third kappa shape index (κ3) is 7.84. The molecular weight excluding hydrogens is 393 g/mol. The normalized spacial score (nSPS) is 10.8. The lowest BCUT2D eigenvalue weighted by Gasteiger charge is -2.14. The number of nitrogens with one attached hydrogen (secondary N) is 2. The van der Waals surface area contributed by atoms with Crippen molar-refractivity contribution in [1.29, 1.82) is 0 Å². The summed E-state index contributed by atoms with van der Waals surface area (Å²) in [5.41, 5.74) is 2.30. The fraction of sp³-hybridized carbons (Fsp3) is 0.562. The smallest absolute Gasteiger partial charge is 0.191 e. The van der Waals surface area contributed by atoms with Crippen molar-refractivity contribution < 1.29 is 9.47 Å². The van der Waals surface area contributed by atoms with Gasteiger partial charge < -0.3 is 20.1 Å². The van der Waals surface area contributed by atoms with Crippen LogP contribution in [0.2, 0.25) is 0 Å². The van der Waals surface area contributed by atoms with Gasteiger partial charge >= 0.3 is 0 Å². The molecule has 0 saturated carbocycles. The minimum absolute atomic E-state index is 0. The highest BCUT2D eigenvalue weighted by Gasteiger charge is 2.04. The van der Waals surface area contributed by atoms with Crippen LogP contribution in [0, 0.1) is 6.92 Å². The Hall–Kier alpha value is -1.02. The van der Waals surface area contributed by atoms with Crippen LogP contribution in [0.3, 0.4) is 0 Å². The predicted molar refractivity (Wildman–Crippen MR) is 102 cm³/mol. The third-order valence-corrected chi connectivity index (χ3v) is 3.07. The van der Waals surface area contributed by atoms with Crippen LogP contribution in [0.4, 0.5) is 0 Å². The van der Waals surface area contributed by atoms with Crippen molar-refractivity contribution in [1.82, 2.24) is 10.6 Å². The molecule has 0 spiro atoms. The molecule has 22 heavy (non-hydrogen) atoms. The summed E-state index contributed by atoms with van der Waals surface area (Å²) in [6, 6.07) is 6.19. The van der Waals surface area contributed by atoms with Gasteiger partial charge in [0.2, 0.25) is 0 Å². The topological polar surface area (TPSA) is 54.9 Å². The molecule has 6 heteroatoms. The van der Waals surface area contributed by atoms with Crippen LogP contribution in [-0.4, -0.2) is 39.9 Å². The first-order chi connectivity index (χ1) is 10.2. The van der Waals surface area contributed by atoms with Gasteiger partial charge in [-0.25, -0.2) is 0 Å². The molecule has 0 aliphatic heterocycles. The van der Waals surface area contributed by atoms with Crippen molar-refractivity contribution in [3.63, 3.8) is 0 Å². The van der Waals surface area contributed by atoms with Gasteiger partial charge in [-0.05, 0) is 31.9 Å². The van der Waals surface area contributed by atoms with Crippen LogP contribution in [0.15, 0.2) is 23.2 Å². The van der Waals surface area contributed by atoms with Gasteiger partial charge in [-0.15, -0.1) is 24.0 Å². The number of ether oxygens (including phenoxy) is 2. The molecule has 0 aliphatic carbocycles. The molecule has 0 unspecified atom stereocenters. The molecule has 0 atom stereocenters. The lowest BCUT2D eigenvalue weighted by atomic mass is 10.1. The number of halogens is 1. The molecule has 0 bridgehead atoms. The standard InChI is InChI=1S/C16H27N3O2.HI/c1-5-21-10-6-9-18-16(17-3)19-12-14-8-7-13(2)11-15(14)20-4;/h7-8,11H,5-6,9-10,12H2,1-4H3,(H2,17,18,19);1H. The number of nitrogens with zero attached hydrogens (tertiary/aromatic N) is 1. The summed E-state index contributed by atoms with van der Waals surface area (Å²) in [6.07, 6.45) is 0.961. The Bertz CT molecular complexity index is 453. The minimum Gasteiger partial charge on any atom is -0.496 e. The SMILES string of the molecule is CCOCCCNC(=NC)NCc1ccc(C)cc1OC.I. The Labute approximate surface area is 150 Å². The summed E-state index contributed by atoms with van der Waals surface area (Å²) in [7, 11) is 3.46. The largest absolute Gasteiger partial charge is 0.496 e. The van der Waals surface area contributed by atoms with Gasteiger partial charge in [0.15, 0.2) is 5.96 Å². The van der Waals surface area contributed by atoms with Gasteiger partial charge in [-0.3, -0.25) is 4.99 Å².